The van der Waals surface area contributed by atoms with Crippen molar-refractivity contribution in [3.8, 4) is 11.5 Å². The predicted octanol–water partition coefficient (Wildman–Crippen LogP) is 5.86. The Bertz CT molecular complexity index is 1240. The van der Waals surface area contributed by atoms with Crippen molar-refractivity contribution in [3.63, 3.8) is 0 Å². The highest BCUT2D eigenvalue weighted by molar-refractivity contribution is 6.09. The molecule has 0 aliphatic rings. The highest BCUT2D eigenvalue weighted by Gasteiger charge is 2.17. The van der Waals surface area contributed by atoms with E-state index >= 15 is 0 Å². The van der Waals surface area contributed by atoms with Gasteiger partial charge in [-0.05, 0) is 48.5 Å². The highest BCUT2D eigenvalue weighted by Crippen LogP contribution is 2.18. The molecule has 0 N–H and O–H groups in total. The van der Waals surface area contributed by atoms with Gasteiger partial charge in [0.1, 0.15) is 11.5 Å². The standard InChI is InChI=1S/C28H18O7/c29-25(19-7-3-1-4-8-19)21-11-15-23(16-12-21)33-27(31)35-28(32)34-24-17-13-22(14-18-24)26(30)20-9-5-2-6-10-20/h1-18H. The summed E-state index contributed by atoms with van der Waals surface area (Å²) in [6.45, 7) is 0. The maximum absolute atomic E-state index is 12.4. The van der Waals surface area contributed by atoms with Crippen molar-refractivity contribution in [2.45, 2.75) is 0 Å². The second-order valence-electron chi connectivity index (χ2n) is 7.25. The quantitative estimate of drug-likeness (QED) is 0.152. The molecule has 0 aliphatic heterocycles. The van der Waals surface area contributed by atoms with Crippen molar-refractivity contribution < 1.29 is 33.4 Å². The molecule has 0 bridgehead atoms. The van der Waals surface area contributed by atoms with Gasteiger partial charge in [-0.15, -0.1) is 0 Å². The molecule has 0 radical (unpaired) electrons. The second kappa shape index (κ2) is 10.7. The molecule has 0 atom stereocenters. The van der Waals surface area contributed by atoms with Gasteiger partial charge in [0.25, 0.3) is 0 Å². The third-order valence-corrected chi connectivity index (χ3v) is 4.87. The molecule has 0 saturated heterocycles. The van der Waals surface area contributed by atoms with E-state index in [4.69, 9.17) is 9.47 Å². The average molecular weight is 466 g/mol. The molecule has 0 unspecified atom stereocenters. The van der Waals surface area contributed by atoms with E-state index in [1.54, 1.807) is 48.5 Å². The first-order chi connectivity index (χ1) is 17.0. The molecule has 0 saturated carbocycles. The first kappa shape index (κ1) is 23.1. The van der Waals surface area contributed by atoms with Crippen LogP contribution in [0.1, 0.15) is 31.8 Å². The number of carbonyl (C=O) groups is 4. The van der Waals surface area contributed by atoms with Gasteiger partial charge >= 0.3 is 12.3 Å². The summed E-state index contributed by atoms with van der Waals surface area (Å²) < 4.78 is 14.4. The van der Waals surface area contributed by atoms with Gasteiger partial charge in [0.05, 0.1) is 0 Å². The SMILES string of the molecule is O=C(OC(=O)Oc1ccc(C(=O)c2ccccc2)cc1)Oc1ccc(C(=O)c2ccccc2)cc1. The number of benzene rings is 4. The summed E-state index contributed by atoms with van der Waals surface area (Å²) in [7, 11) is 0. The summed E-state index contributed by atoms with van der Waals surface area (Å²) >= 11 is 0. The lowest BCUT2D eigenvalue weighted by Crippen LogP contribution is -2.19. The fourth-order valence-corrected chi connectivity index (χ4v) is 3.16. The van der Waals surface area contributed by atoms with Crippen LogP contribution in [0, 0.1) is 0 Å². The van der Waals surface area contributed by atoms with Crippen molar-refractivity contribution in [3.05, 3.63) is 131 Å². The van der Waals surface area contributed by atoms with Crippen LogP contribution in [0.15, 0.2) is 109 Å². The molecule has 0 aliphatic carbocycles. The number of ether oxygens (including phenoxy) is 3. The van der Waals surface area contributed by atoms with Gasteiger partial charge in [0, 0.05) is 22.3 Å². The number of hydrogen-bond acceptors (Lipinski definition) is 7. The molecule has 7 heteroatoms. The van der Waals surface area contributed by atoms with E-state index in [-0.39, 0.29) is 23.1 Å². The molecular formula is C28H18O7. The van der Waals surface area contributed by atoms with Crippen molar-refractivity contribution >= 4 is 23.9 Å². The summed E-state index contributed by atoms with van der Waals surface area (Å²) in [4.78, 5) is 48.6. The first-order valence-corrected chi connectivity index (χ1v) is 10.5. The lowest BCUT2D eigenvalue weighted by atomic mass is 10.0. The smallest absolute Gasteiger partial charge is 0.395 e. The minimum atomic E-state index is -1.30. The summed E-state index contributed by atoms with van der Waals surface area (Å²) in [6.07, 6.45) is -2.60. The molecule has 4 rings (SSSR count). The largest absolute Gasteiger partial charge is 0.524 e. The third kappa shape index (κ3) is 6.06. The van der Waals surface area contributed by atoms with Gasteiger partial charge in [0.2, 0.25) is 0 Å². The van der Waals surface area contributed by atoms with E-state index in [9.17, 15) is 19.2 Å². The molecule has 0 aromatic heterocycles. The van der Waals surface area contributed by atoms with Crippen molar-refractivity contribution in [2.75, 3.05) is 0 Å². The number of ketones is 2. The molecule has 0 spiro atoms. The Morgan fingerprint density at radius 2 is 0.714 bits per heavy atom. The van der Waals surface area contributed by atoms with Crippen molar-refractivity contribution in [1.82, 2.24) is 0 Å². The Balaban J connectivity index is 1.29. The Labute approximate surface area is 200 Å². The maximum atomic E-state index is 12.4. The van der Waals surface area contributed by atoms with E-state index in [1.165, 1.54) is 48.5 Å². The van der Waals surface area contributed by atoms with Gasteiger partial charge < -0.3 is 14.2 Å². The Hall–Kier alpha value is -5.04. The van der Waals surface area contributed by atoms with E-state index in [2.05, 4.69) is 4.74 Å². The van der Waals surface area contributed by atoms with Gasteiger partial charge in [-0.3, -0.25) is 9.59 Å². The van der Waals surface area contributed by atoms with Crippen LogP contribution in [0.25, 0.3) is 0 Å². The summed E-state index contributed by atoms with van der Waals surface area (Å²) in [5.41, 5.74) is 1.87. The fraction of sp³-hybridized carbons (Fsp3) is 0. The van der Waals surface area contributed by atoms with Gasteiger partial charge in [-0.2, -0.15) is 0 Å². The van der Waals surface area contributed by atoms with E-state index < -0.39 is 12.3 Å². The van der Waals surface area contributed by atoms with E-state index in [1.807, 2.05) is 12.1 Å². The highest BCUT2D eigenvalue weighted by atomic mass is 16.8. The Kier molecular flexibility index (Phi) is 7.08. The fourth-order valence-electron chi connectivity index (χ4n) is 3.16. The molecule has 0 heterocycles. The molecule has 35 heavy (non-hydrogen) atoms. The molecule has 0 fully saturated rings. The van der Waals surface area contributed by atoms with Gasteiger partial charge in [0.15, 0.2) is 11.6 Å². The second-order valence-corrected chi connectivity index (χ2v) is 7.25. The zero-order valence-corrected chi connectivity index (χ0v) is 18.3. The zero-order valence-electron chi connectivity index (χ0n) is 18.3. The molecule has 4 aromatic carbocycles. The average Bonchev–Trinajstić information content (AvgIpc) is 2.89. The van der Waals surface area contributed by atoms with Gasteiger partial charge in [-0.1, -0.05) is 60.7 Å². The number of carbonyl (C=O) groups excluding carboxylic acids is 4. The maximum Gasteiger partial charge on any atom is 0.524 e. The molecule has 0 amide bonds. The van der Waals surface area contributed by atoms with Gasteiger partial charge in [-0.25, -0.2) is 9.59 Å². The van der Waals surface area contributed by atoms with Crippen LogP contribution in [0.5, 0.6) is 11.5 Å². The van der Waals surface area contributed by atoms with E-state index in [0.29, 0.717) is 22.3 Å². The topological polar surface area (TPSA) is 96.0 Å². The number of hydrogen-bond donors (Lipinski definition) is 0. The Morgan fingerprint density at radius 1 is 0.400 bits per heavy atom. The lowest BCUT2D eigenvalue weighted by molar-refractivity contribution is 0.0895. The predicted molar refractivity (Wildman–Crippen MR) is 126 cm³/mol. The monoisotopic (exact) mass is 466 g/mol. The van der Waals surface area contributed by atoms with Crippen LogP contribution in [0.4, 0.5) is 9.59 Å². The lowest BCUT2D eigenvalue weighted by Gasteiger charge is -2.07. The van der Waals surface area contributed by atoms with E-state index in [0.717, 1.165) is 0 Å². The molecule has 7 nitrogen and oxygen atoms in total. The minimum absolute atomic E-state index is 0.0798. The normalized spacial score (nSPS) is 10.2. The van der Waals surface area contributed by atoms with Crippen molar-refractivity contribution in [1.29, 1.82) is 0 Å². The third-order valence-electron chi connectivity index (χ3n) is 4.87. The molecule has 172 valence electrons. The molecular weight excluding hydrogens is 448 g/mol. The molecule has 4 aromatic rings. The summed E-state index contributed by atoms with van der Waals surface area (Å²) in [5, 5.41) is 0. The first-order valence-electron chi connectivity index (χ1n) is 10.5. The number of rotatable bonds is 6. The Morgan fingerprint density at radius 3 is 1.06 bits per heavy atom. The van der Waals surface area contributed by atoms with Crippen LogP contribution in [-0.2, 0) is 4.74 Å². The van der Waals surface area contributed by atoms with Crippen molar-refractivity contribution in [2.24, 2.45) is 0 Å². The van der Waals surface area contributed by atoms with Crippen LogP contribution in [0.2, 0.25) is 0 Å². The van der Waals surface area contributed by atoms with Crippen LogP contribution < -0.4 is 9.47 Å². The van der Waals surface area contributed by atoms with Crippen LogP contribution in [0.3, 0.4) is 0 Å². The summed E-state index contributed by atoms with van der Waals surface area (Å²) in [5.74, 6) is -0.202. The van der Waals surface area contributed by atoms with Crippen LogP contribution in [-0.4, -0.2) is 23.9 Å². The zero-order chi connectivity index (χ0) is 24.6. The minimum Gasteiger partial charge on any atom is -0.395 e. The van der Waals surface area contributed by atoms with Crippen LogP contribution >= 0.6 is 0 Å². The summed E-state index contributed by atoms with van der Waals surface area (Å²) in [6, 6.07) is 29.1.